The molecule has 0 N–H and O–H groups in total. The third-order valence-electron chi connectivity index (χ3n) is 6.45. The highest BCUT2D eigenvalue weighted by molar-refractivity contribution is 5.89. The number of hydrogen-bond donors (Lipinski definition) is 0. The third kappa shape index (κ3) is 6.82. The lowest BCUT2D eigenvalue weighted by molar-refractivity contribution is 0.0526. The summed E-state index contributed by atoms with van der Waals surface area (Å²) >= 11 is 0. The zero-order valence-corrected chi connectivity index (χ0v) is 21.0. The molecule has 5 heteroatoms. The molecule has 1 atom stereocenters. The first-order valence-electron chi connectivity index (χ1n) is 11.8. The van der Waals surface area contributed by atoms with Gasteiger partial charge in [-0.25, -0.2) is 4.79 Å². The molecule has 1 unspecified atom stereocenters. The van der Waals surface area contributed by atoms with Crippen molar-refractivity contribution in [3.63, 3.8) is 0 Å². The van der Waals surface area contributed by atoms with Crippen molar-refractivity contribution in [3.05, 3.63) is 64.7 Å². The SMILES string of the molecule is CCOC(=O)c1ccc(C(C#N)(CCCN(C)CCc2ccc(OC)c(C)c2)C(C)C)cc1. The van der Waals surface area contributed by atoms with Crippen LogP contribution < -0.4 is 4.74 Å². The molecule has 0 fully saturated rings. The van der Waals surface area contributed by atoms with E-state index in [1.807, 2.05) is 18.2 Å². The van der Waals surface area contributed by atoms with Crippen molar-refractivity contribution in [1.82, 2.24) is 4.90 Å². The van der Waals surface area contributed by atoms with Crippen molar-refractivity contribution in [2.75, 3.05) is 33.9 Å². The number of esters is 1. The summed E-state index contributed by atoms with van der Waals surface area (Å²) in [6.07, 6.45) is 2.67. The van der Waals surface area contributed by atoms with Crippen molar-refractivity contribution >= 4 is 5.97 Å². The van der Waals surface area contributed by atoms with Crippen LogP contribution in [0.25, 0.3) is 0 Å². The summed E-state index contributed by atoms with van der Waals surface area (Å²) in [6.45, 7) is 10.3. The van der Waals surface area contributed by atoms with Gasteiger partial charge >= 0.3 is 5.97 Å². The lowest BCUT2D eigenvalue weighted by Crippen LogP contribution is -2.32. The smallest absolute Gasteiger partial charge is 0.338 e. The number of benzene rings is 2. The van der Waals surface area contributed by atoms with E-state index in [2.05, 4.69) is 50.9 Å². The molecular weight excluding hydrogens is 412 g/mol. The number of carbonyl (C=O) groups is 1. The highest BCUT2D eigenvalue weighted by Gasteiger charge is 2.35. The summed E-state index contributed by atoms with van der Waals surface area (Å²) in [5.41, 5.74) is 3.35. The Balaban J connectivity index is 1.98. The molecule has 0 aliphatic carbocycles. The van der Waals surface area contributed by atoms with Gasteiger partial charge in [0.15, 0.2) is 0 Å². The molecule has 0 bridgehead atoms. The van der Waals surface area contributed by atoms with Crippen LogP contribution in [-0.2, 0) is 16.6 Å². The normalized spacial score (nSPS) is 12.9. The van der Waals surface area contributed by atoms with Gasteiger partial charge in [-0.3, -0.25) is 0 Å². The number of nitriles is 1. The minimum Gasteiger partial charge on any atom is -0.496 e. The number of hydrogen-bond acceptors (Lipinski definition) is 5. The summed E-state index contributed by atoms with van der Waals surface area (Å²) in [6, 6.07) is 16.3. The number of rotatable bonds is 12. The van der Waals surface area contributed by atoms with Gasteiger partial charge in [0, 0.05) is 6.54 Å². The molecule has 5 nitrogen and oxygen atoms in total. The van der Waals surface area contributed by atoms with E-state index in [0.717, 1.165) is 49.2 Å². The fraction of sp³-hybridized carbons (Fsp3) is 0.500. The first kappa shape index (κ1) is 26.4. The van der Waals surface area contributed by atoms with Crippen molar-refractivity contribution in [1.29, 1.82) is 5.26 Å². The van der Waals surface area contributed by atoms with Gasteiger partial charge in [-0.2, -0.15) is 5.26 Å². The Bertz CT molecular complexity index is 947. The van der Waals surface area contributed by atoms with E-state index in [9.17, 15) is 10.1 Å². The van der Waals surface area contributed by atoms with Crippen molar-refractivity contribution in [2.24, 2.45) is 5.92 Å². The van der Waals surface area contributed by atoms with Gasteiger partial charge in [-0.05, 0) is 87.5 Å². The van der Waals surface area contributed by atoms with E-state index >= 15 is 0 Å². The Morgan fingerprint density at radius 3 is 2.39 bits per heavy atom. The van der Waals surface area contributed by atoms with E-state index in [0.29, 0.717) is 12.2 Å². The fourth-order valence-corrected chi connectivity index (χ4v) is 4.29. The lowest BCUT2D eigenvalue weighted by Gasteiger charge is -2.32. The Hall–Kier alpha value is -2.84. The molecule has 0 amide bonds. The maximum absolute atomic E-state index is 12.0. The van der Waals surface area contributed by atoms with Crippen LogP contribution in [0.3, 0.4) is 0 Å². The van der Waals surface area contributed by atoms with Crippen LogP contribution in [0.15, 0.2) is 42.5 Å². The molecule has 0 spiro atoms. The number of ether oxygens (including phenoxy) is 2. The zero-order chi connectivity index (χ0) is 24.4. The van der Waals surface area contributed by atoms with Crippen LogP contribution in [0.2, 0.25) is 0 Å². The van der Waals surface area contributed by atoms with Crippen molar-refractivity contribution < 1.29 is 14.3 Å². The molecule has 2 aromatic rings. The number of methoxy groups -OCH3 is 1. The molecule has 2 aromatic carbocycles. The Morgan fingerprint density at radius 1 is 1.15 bits per heavy atom. The van der Waals surface area contributed by atoms with Crippen LogP contribution in [0.5, 0.6) is 5.75 Å². The average molecular weight is 451 g/mol. The second-order valence-electron chi connectivity index (χ2n) is 9.00. The predicted octanol–water partition coefficient (Wildman–Crippen LogP) is 5.55. The molecule has 33 heavy (non-hydrogen) atoms. The first-order valence-corrected chi connectivity index (χ1v) is 11.8. The van der Waals surface area contributed by atoms with Gasteiger partial charge in [0.05, 0.1) is 30.8 Å². The van der Waals surface area contributed by atoms with Gasteiger partial charge in [0.25, 0.3) is 0 Å². The van der Waals surface area contributed by atoms with Gasteiger partial charge in [-0.1, -0.05) is 38.1 Å². The Kier molecular flexibility index (Phi) is 9.94. The van der Waals surface area contributed by atoms with Crippen LogP contribution in [0, 0.1) is 24.2 Å². The van der Waals surface area contributed by atoms with E-state index in [1.54, 1.807) is 26.2 Å². The Labute approximate surface area is 199 Å². The van der Waals surface area contributed by atoms with Crippen molar-refractivity contribution in [2.45, 2.75) is 52.4 Å². The molecule has 0 aliphatic rings. The maximum Gasteiger partial charge on any atom is 0.338 e. The van der Waals surface area contributed by atoms with Gasteiger partial charge < -0.3 is 14.4 Å². The average Bonchev–Trinajstić information content (AvgIpc) is 2.81. The minimum absolute atomic E-state index is 0.156. The second-order valence-corrected chi connectivity index (χ2v) is 9.00. The van der Waals surface area contributed by atoms with E-state index in [4.69, 9.17) is 9.47 Å². The number of nitrogens with zero attached hydrogens (tertiary/aromatic N) is 2. The Morgan fingerprint density at radius 2 is 1.85 bits per heavy atom. The van der Waals surface area contributed by atoms with Gasteiger partial charge in [-0.15, -0.1) is 0 Å². The first-order chi connectivity index (χ1) is 15.8. The van der Waals surface area contributed by atoms with Crippen LogP contribution >= 0.6 is 0 Å². The third-order valence-corrected chi connectivity index (χ3v) is 6.45. The standard InChI is InChI=1S/C28H38N2O3/c1-7-33-27(31)24-10-12-25(13-11-24)28(20-29,21(2)3)16-8-17-30(5)18-15-23-9-14-26(32-6)22(4)19-23/h9-14,19,21H,7-8,15-18H2,1-6H3. The molecule has 178 valence electrons. The molecule has 0 saturated heterocycles. The van der Waals surface area contributed by atoms with E-state index in [-0.39, 0.29) is 11.9 Å². The lowest BCUT2D eigenvalue weighted by atomic mass is 9.69. The van der Waals surface area contributed by atoms with Crippen LogP contribution in [0.1, 0.15) is 60.7 Å². The van der Waals surface area contributed by atoms with Gasteiger partial charge in [0.2, 0.25) is 0 Å². The number of aryl methyl sites for hydroxylation is 1. The van der Waals surface area contributed by atoms with Gasteiger partial charge in [0.1, 0.15) is 5.75 Å². The summed E-state index contributed by atoms with van der Waals surface area (Å²) in [4.78, 5) is 14.3. The monoisotopic (exact) mass is 450 g/mol. The van der Waals surface area contributed by atoms with Crippen LogP contribution in [0.4, 0.5) is 0 Å². The summed E-state index contributed by atoms with van der Waals surface area (Å²) in [5, 5.41) is 10.2. The quantitative estimate of drug-likeness (QED) is 0.397. The summed E-state index contributed by atoms with van der Waals surface area (Å²) in [7, 11) is 3.83. The minimum atomic E-state index is -0.582. The number of carbonyl (C=O) groups excluding carboxylic acids is 1. The molecule has 0 aliphatic heterocycles. The highest BCUT2D eigenvalue weighted by atomic mass is 16.5. The van der Waals surface area contributed by atoms with Crippen LogP contribution in [-0.4, -0.2) is 44.7 Å². The predicted molar refractivity (Wildman–Crippen MR) is 133 cm³/mol. The van der Waals surface area contributed by atoms with E-state index in [1.165, 1.54) is 5.56 Å². The summed E-state index contributed by atoms with van der Waals surface area (Å²) in [5.74, 6) is 0.747. The molecule has 2 rings (SSSR count). The topological polar surface area (TPSA) is 62.6 Å². The highest BCUT2D eigenvalue weighted by Crippen LogP contribution is 2.36. The second kappa shape index (κ2) is 12.4. The molecule has 0 aromatic heterocycles. The molecule has 0 heterocycles. The largest absolute Gasteiger partial charge is 0.496 e. The molecule has 0 saturated carbocycles. The molecular formula is C28H38N2O3. The van der Waals surface area contributed by atoms with E-state index < -0.39 is 5.41 Å². The maximum atomic E-state index is 12.0. The summed E-state index contributed by atoms with van der Waals surface area (Å²) < 4.78 is 10.4. The molecule has 0 radical (unpaired) electrons. The zero-order valence-electron chi connectivity index (χ0n) is 21.0. The number of likely N-dealkylation sites (N-methyl/N-ethyl adjacent to an activating group) is 1. The fourth-order valence-electron chi connectivity index (χ4n) is 4.29. The van der Waals surface area contributed by atoms with Crippen molar-refractivity contribution in [3.8, 4) is 11.8 Å².